The first-order valence-electron chi connectivity index (χ1n) is 7.56. The van der Waals surface area contributed by atoms with Crippen molar-refractivity contribution in [1.82, 2.24) is 10.2 Å². The summed E-state index contributed by atoms with van der Waals surface area (Å²) in [5, 5.41) is 3.48. The molecule has 0 unspecified atom stereocenters. The normalized spacial score (nSPS) is 11.9. The van der Waals surface area contributed by atoms with Gasteiger partial charge in [-0.05, 0) is 58.5 Å². The van der Waals surface area contributed by atoms with Crippen LogP contribution in [0.2, 0.25) is 0 Å². The van der Waals surface area contributed by atoms with E-state index in [4.69, 9.17) is 4.74 Å². The van der Waals surface area contributed by atoms with E-state index >= 15 is 0 Å². The van der Waals surface area contributed by atoms with Gasteiger partial charge in [0.15, 0.2) is 0 Å². The molecule has 1 N–H and O–H groups in total. The van der Waals surface area contributed by atoms with Crippen LogP contribution in [0.15, 0.2) is 24.3 Å². The second kappa shape index (κ2) is 8.28. The fourth-order valence-electron chi connectivity index (χ4n) is 1.88. The third-order valence-electron chi connectivity index (χ3n) is 3.09. The molecule has 0 aliphatic carbocycles. The number of benzene rings is 1. The van der Waals surface area contributed by atoms with Crippen LogP contribution >= 0.6 is 0 Å². The van der Waals surface area contributed by atoms with Crippen LogP contribution in [0.25, 0.3) is 0 Å². The lowest BCUT2D eigenvalue weighted by molar-refractivity contribution is 0.237. The van der Waals surface area contributed by atoms with Gasteiger partial charge in [-0.2, -0.15) is 0 Å². The van der Waals surface area contributed by atoms with Crippen LogP contribution in [0.3, 0.4) is 0 Å². The van der Waals surface area contributed by atoms with Gasteiger partial charge in [-0.1, -0.05) is 19.1 Å². The molecule has 1 rings (SSSR count). The second-order valence-corrected chi connectivity index (χ2v) is 6.40. The zero-order valence-corrected chi connectivity index (χ0v) is 13.7. The first-order valence-corrected chi connectivity index (χ1v) is 7.56. The molecule has 0 aliphatic rings. The predicted octanol–water partition coefficient (Wildman–Crippen LogP) is 3.30. The molecule has 1 aromatic carbocycles. The summed E-state index contributed by atoms with van der Waals surface area (Å²) >= 11 is 0. The molecule has 0 fully saturated rings. The van der Waals surface area contributed by atoms with Gasteiger partial charge < -0.3 is 15.0 Å². The highest BCUT2D eigenvalue weighted by Crippen LogP contribution is 2.13. The van der Waals surface area contributed by atoms with Gasteiger partial charge in [0.1, 0.15) is 12.4 Å². The molecule has 0 saturated carbocycles. The minimum Gasteiger partial charge on any atom is -0.492 e. The van der Waals surface area contributed by atoms with Crippen molar-refractivity contribution in [2.75, 3.05) is 26.7 Å². The summed E-state index contributed by atoms with van der Waals surface area (Å²) in [7, 11) is 2.13. The van der Waals surface area contributed by atoms with Gasteiger partial charge in [-0.15, -0.1) is 0 Å². The highest BCUT2D eigenvalue weighted by Gasteiger charge is 2.08. The van der Waals surface area contributed by atoms with Gasteiger partial charge in [0.25, 0.3) is 0 Å². The summed E-state index contributed by atoms with van der Waals surface area (Å²) < 4.78 is 5.76. The smallest absolute Gasteiger partial charge is 0.119 e. The summed E-state index contributed by atoms with van der Waals surface area (Å²) in [4.78, 5) is 2.29. The standard InChI is InChI=1S/C17H30N2O/c1-6-11-19(5)12-13-20-16-9-7-15(8-10-16)14-18-17(2,3)4/h7-10,18H,6,11-14H2,1-5H3. The maximum Gasteiger partial charge on any atom is 0.119 e. The number of nitrogens with one attached hydrogen (secondary N) is 1. The average Bonchev–Trinajstić information content (AvgIpc) is 2.37. The molecular formula is C17H30N2O. The monoisotopic (exact) mass is 278 g/mol. The summed E-state index contributed by atoms with van der Waals surface area (Å²) in [6.45, 7) is 12.5. The van der Waals surface area contributed by atoms with E-state index in [-0.39, 0.29) is 5.54 Å². The van der Waals surface area contributed by atoms with Crippen LogP contribution in [0.1, 0.15) is 39.7 Å². The Morgan fingerprint density at radius 1 is 1.10 bits per heavy atom. The van der Waals surface area contributed by atoms with Crippen molar-refractivity contribution in [2.45, 2.75) is 46.2 Å². The Morgan fingerprint density at radius 2 is 1.75 bits per heavy atom. The lowest BCUT2D eigenvalue weighted by Gasteiger charge is -2.20. The van der Waals surface area contributed by atoms with E-state index in [0.717, 1.165) is 32.0 Å². The van der Waals surface area contributed by atoms with Crippen molar-refractivity contribution < 1.29 is 4.74 Å². The fourth-order valence-corrected chi connectivity index (χ4v) is 1.88. The molecule has 0 saturated heterocycles. The summed E-state index contributed by atoms with van der Waals surface area (Å²) in [5.41, 5.74) is 1.44. The van der Waals surface area contributed by atoms with Gasteiger partial charge in [0, 0.05) is 18.6 Å². The molecule has 0 amide bonds. The Kier molecular flexibility index (Phi) is 7.03. The Hall–Kier alpha value is -1.06. The van der Waals surface area contributed by atoms with E-state index in [2.05, 4.69) is 69.2 Å². The molecule has 114 valence electrons. The van der Waals surface area contributed by atoms with Gasteiger partial charge >= 0.3 is 0 Å². The van der Waals surface area contributed by atoms with Crippen molar-refractivity contribution in [3.8, 4) is 5.75 Å². The molecule has 0 radical (unpaired) electrons. The highest BCUT2D eigenvalue weighted by atomic mass is 16.5. The van der Waals surface area contributed by atoms with Crippen molar-refractivity contribution in [3.63, 3.8) is 0 Å². The van der Waals surface area contributed by atoms with E-state index in [9.17, 15) is 0 Å². The van der Waals surface area contributed by atoms with Crippen molar-refractivity contribution in [3.05, 3.63) is 29.8 Å². The quantitative estimate of drug-likeness (QED) is 0.789. The number of hydrogen-bond donors (Lipinski definition) is 1. The Balaban J connectivity index is 2.31. The molecular weight excluding hydrogens is 248 g/mol. The molecule has 0 atom stereocenters. The van der Waals surface area contributed by atoms with Gasteiger partial charge in [0.2, 0.25) is 0 Å². The summed E-state index contributed by atoms with van der Waals surface area (Å²) in [6, 6.07) is 8.37. The number of likely N-dealkylation sites (N-methyl/N-ethyl adjacent to an activating group) is 1. The van der Waals surface area contributed by atoms with Gasteiger partial charge in [-0.25, -0.2) is 0 Å². The molecule has 0 aromatic heterocycles. The minimum absolute atomic E-state index is 0.152. The number of nitrogens with zero attached hydrogens (tertiary/aromatic N) is 1. The Bertz CT molecular complexity index is 368. The summed E-state index contributed by atoms with van der Waals surface area (Å²) in [6.07, 6.45) is 1.19. The first-order chi connectivity index (χ1) is 9.40. The molecule has 20 heavy (non-hydrogen) atoms. The third-order valence-corrected chi connectivity index (χ3v) is 3.09. The van der Waals surface area contributed by atoms with E-state index in [1.165, 1.54) is 12.0 Å². The van der Waals surface area contributed by atoms with Crippen LogP contribution in [-0.2, 0) is 6.54 Å². The van der Waals surface area contributed by atoms with E-state index in [1.54, 1.807) is 0 Å². The maximum absolute atomic E-state index is 5.76. The van der Waals surface area contributed by atoms with Crippen molar-refractivity contribution >= 4 is 0 Å². The van der Waals surface area contributed by atoms with Gasteiger partial charge in [-0.3, -0.25) is 0 Å². The van der Waals surface area contributed by atoms with Crippen molar-refractivity contribution in [1.29, 1.82) is 0 Å². The lowest BCUT2D eigenvalue weighted by Crippen LogP contribution is -2.35. The number of rotatable bonds is 8. The molecule has 0 spiro atoms. The second-order valence-electron chi connectivity index (χ2n) is 6.40. The summed E-state index contributed by atoms with van der Waals surface area (Å²) in [5.74, 6) is 0.953. The Labute approximate surface area is 124 Å². The minimum atomic E-state index is 0.152. The largest absolute Gasteiger partial charge is 0.492 e. The number of hydrogen-bond acceptors (Lipinski definition) is 3. The molecule has 3 nitrogen and oxygen atoms in total. The van der Waals surface area contributed by atoms with Crippen molar-refractivity contribution in [2.24, 2.45) is 0 Å². The van der Waals surface area contributed by atoms with Crippen LogP contribution < -0.4 is 10.1 Å². The lowest BCUT2D eigenvalue weighted by atomic mass is 10.1. The van der Waals surface area contributed by atoms with E-state index in [1.807, 2.05) is 0 Å². The molecule has 3 heteroatoms. The Morgan fingerprint density at radius 3 is 2.30 bits per heavy atom. The third kappa shape index (κ3) is 7.51. The van der Waals surface area contributed by atoms with Crippen LogP contribution in [0.4, 0.5) is 0 Å². The van der Waals surface area contributed by atoms with E-state index in [0.29, 0.717) is 0 Å². The molecule has 0 aliphatic heterocycles. The maximum atomic E-state index is 5.76. The van der Waals surface area contributed by atoms with Crippen LogP contribution in [-0.4, -0.2) is 37.2 Å². The molecule has 0 bridgehead atoms. The fraction of sp³-hybridized carbons (Fsp3) is 0.647. The topological polar surface area (TPSA) is 24.5 Å². The predicted molar refractivity (Wildman–Crippen MR) is 86.3 cm³/mol. The molecule has 1 aromatic rings. The average molecular weight is 278 g/mol. The van der Waals surface area contributed by atoms with Crippen LogP contribution in [0.5, 0.6) is 5.75 Å². The van der Waals surface area contributed by atoms with Crippen LogP contribution in [0, 0.1) is 0 Å². The van der Waals surface area contributed by atoms with E-state index < -0.39 is 0 Å². The SMILES string of the molecule is CCCN(C)CCOc1ccc(CNC(C)(C)C)cc1. The van der Waals surface area contributed by atoms with Gasteiger partial charge in [0.05, 0.1) is 0 Å². The highest BCUT2D eigenvalue weighted by molar-refractivity contribution is 5.27. The number of ether oxygens (including phenoxy) is 1. The zero-order valence-electron chi connectivity index (χ0n) is 13.7. The zero-order chi connectivity index (χ0) is 15.0. The molecule has 0 heterocycles. The first kappa shape index (κ1) is 17.0.